The first-order valence-corrected chi connectivity index (χ1v) is 9.06. The zero-order chi connectivity index (χ0) is 17.1. The first-order valence-electron chi connectivity index (χ1n) is 9.06. The van der Waals surface area contributed by atoms with Crippen LogP contribution in [0.4, 0.5) is 0 Å². The minimum atomic E-state index is 0.138. The average molecular weight is 333 g/mol. The number of hydrogen-bond donors (Lipinski definition) is 1. The average Bonchev–Trinajstić information content (AvgIpc) is 3.31. The summed E-state index contributed by atoms with van der Waals surface area (Å²) in [6.45, 7) is 1.38. The molecule has 25 heavy (non-hydrogen) atoms. The van der Waals surface area contributed by atoms with Crippen molar-refractivity contribution >= 4 is 5.91 Å². The number of ether oxygens (including phenoxy) is 1. The number of fused-ring (bicyclic) bond motifs is 1. The van der Waals surface area contributed by atoms with E-state index in [-0.39, 0.29) is 5.91 Å². The smallest absolute Gasteiger partial charge is 0.220 e. The van der Waals surface area contributed by atoms with Crippen LogP contribution >= 0.6 is 0 Å². The topological polar surface area (TPSA) is 38.3 Å². The second-order valence-electron chi connectivity index (χ2n) is 6.86. The second kappa shape index (κ2) is 7.14. The Labute approximate surface area is 148 Å². The summed E-state index contributed by atoms with van der Waals surface area (Å²) in [7, 11) is 0. The molecule has 0 saturated heterocycles. The molecule has 1 heterocycles. The van der Waals surface area contributed by atoms with E-state index in [9.17, 15) is 4.79 Å². The zero-order valence-electron chi connectivity index (χ0n) is 14.3. The number of rotatable bonds is 5. The second-order valence-corrected chi connectivity index (χ2v) is 6.86. The first kappa shape index (κ1) is 15.9. The van der Waals surface area contributed by atoms with Crippen LogP contribution in [0.1, 0.15) is 30.4 Å². The van der Waals surface area contributed by atoms with E-state index < -0.39 is 0 Å². The highest BCUT2D eigenvalue weighted by atomic mass is 16.5. The number of carbonyl (C=O) groups is 1. The van der Waals surface area contributed by atoms with Crippen molar-refractivity contribution in [3.8, 4) is 16.9 Å². The van der Waals surface area contributed by atoms with Gasteiger partial charge < -0.3 is 10.1 Å². The summed E-state index contributed by atoms with van der Waals surface area (Å²) in [5.74, 6) is 1.57. The summed E-state index contributed by atoms with van der Waals surface area (Å²) in [6.07, 6.45) is 8.13. The number of allylic oxidation sites excluding steroid dienone is 2. The molecule has 0 radical (unpaired) electrons. The summed E-state index contributed by atoms with van der Waals surface area (Å²) in [5.41, 5.74) is 4.83. The monoisotopic (exact) mass is 333 g/mol. The fourth-order valence-corrected chi connectivity index (χ4v) is 3.56. The van der Waals surface area contributed by atoms with Crippen LogP contribution < -0.4 is 10.1 Å². The van der Waals surface area contributed by atoms with Crippen LogP contribution in [-0.2, 0) is 17.8 Å². The van der Waals surface area contributed by atoms with E-state index in [1.807, 2.05) is 0 Å². The standard InChI is InChI=1S/C22H23NO2/c24-22(13-16-3-1-2-4-16)23-15-17-5-7-18(8-6-17)19-9-10-21-20(14-19)11-12-25-21/h1,3,5-10,14,16H,2,4,11-13,15H2,(H,23,24). The van der Waals surface area contributed by atoms with E-state index in [4.69, 9.17) is 4.74 Å². The Balaban J connectivity index is 1.35. The van der Waals surface area contributed by atoms with Crippen LogP contribution in [0.5, 0.6) is 5.75 Å². The van der Waals surface area contributed by atoms with E-state index in [0.717, 1.165) is 37.2 Å². The fourth-order valence-electron chi connectivity index (χ4n) is 3.56. The Hall–Kier alpha value is -2.55. The number of hydrogen-bond acceptors (Lipinski definition) is 2. The molecule has 0 spiro atoms. The fraction of sp³-hybridized carbons (Fsp3) is 0.318. The lowest BCUT2D eigenvalue weighted by Gasteiger charge is -2.10. The maximum atomic E-state index is 12.0. The van der Waals surface area contributed by atoms with Gasteiger partial charge >= 0.3 is 0 Å². The lowest BCUT2D eigenvalue weighted by Crippen LogP contribution is -2.24. The number of nitrogens with one attached hydrogen (secondary N) is 1. The molecule has 1 aliphatic carbocycles. The SMILES string of the molecule is O=C(CC1C=CCC1)NCc1ccc(-c2ccc3c(c2)CCO3)cc1. The summed E-state index contributed by atoms with van der Waals surface area (Å²) in [6, 6.07) is 14.8. The van der Waals surface area contributed by atoms with Gasteiger partial charge in [0.2, 0.25) is 5.91 Å². The molecular weight excluding hydrogens is 310 g/mol. The predicted octanol–water partition coefficient (Wildman–Crippen LogP) is 4.26. The molecule has 0 bridgehead atoms. The van der Waals surface area contributed by atoms with Gasteiger partial charge in [-0.15, -0.1) is 0 Å². The molecule has 0 aromatic heterocycles. The Morgan fingerprint density at radius 1 is 1.12 bits per heavy atom. The van der Waals surface area contributed by atoms with Crippen LogP contribution in [-0.4, -0.2) is 12.5 Å². The summed E-state index contributed by atoms with van der Waals surface area (Å²) in [4.78, 5) is 12.0. The van der Waals surface area contributed by atoms with Crippen molar-refractivity contribution in [2.45, 2.75) is 32.2 Å². The molecule has 3 nitrogen and oxygen atoms in total. The van der Waals surface area contributed by atoms with E-state index in [1.54, 1.807) is 0 Å². The molecule has 0 fully saturated rings. The Bertz CT molecular complexity index is 792. The molecule has 3 heteroatoms. The number of carbonyl (C=O) groups excluding carboxylic acids is 1. The van der Waals surface area contributed by atoms with Crippen molar-refractivity contribution in [2.75, 3.05) is 6.61 Å². The van der Waals surface area contributed by atoms with Gasteiger partial charge in [0.25, 0.3) is 0 Å². The minimum Gasteiger partial charge on any atom is -0.493 e. The molecule has 1 atom stereocenters. The Kier molecular flexibility index (Phi) is 4.55. The highest BCUT2D eigenvalue weighted by Crippen LogP contribution is 2.30. The highest BCUT2D eigenvalue weighted by Gasteiger charge is 2.14. The maximum Gasteiger partial charge on any atom is 0.220 e. The number of amides is 1. The van der Waals surface area contributed by atoms with Crippen LogP contribution in [0.15, 0.2) is 54.6 Å². The van der Waals surface area contributed by atoms with Crippen LogP contribution in [0.25, 0.3) is 11.1 Å². The Morgan fingerprint density at radius 3 is 2.76 bits per heavy atom. The number of benzene rings is 2. The lowest BCUT2D eigenvalue weighted by atomic mass is 10.0. The van der Waals surface area contributed by atoms with Gasteiger partial charge in [0, 0.05) is 19.4 Å². The van der Waals surface area contributed by atoms with Crippen LogP contribution in [0.3, 0.4) is 0 Å². The molecular formula is C22H23NO2. The van der Waals surface area contributed by atoms with Gasteiger partial charge in [-0.05, 0) is 53.1 Å². The first-order chi connectivity index (χ1) is 12.3. The lowest BCUT2D eigenvalue weighted by molar-refractivity contribution is -0.121. The molecule has 128 valence electrons. The van der Waals surface area contributed by atoms with Crippen molar-refractivity contribution in [1.29, 1.82) is 0 Å². The summed E-state index contributed by atoms with van der Waals surface area (Å²) in [5, 5.41) is 3.03. The highest BCUT2D eigenvalue weighted by molar-refractivity contribution is 5.76. The van der Waals surface area contributed by atoms with E-state index in [1.165, 1.54) is 16.7 Å². The summed E-state index contributed by atoms with van der Waals surface area (Å²) < 4.78 is 5.57. The molecule has 0 saturated carbocycles. The molecule has 2 aliphatic rings. The van der Waals surface area contributed by atoms with Gasteiger partial charge in [0.05, 0.1) is 6.61 Å². The molecule has 1 aliphatic heterocycles. The normalized spacial score (nSPS) is 18.0. The van der Waals surface area contributed by atoms with Crippen molar-refractivity contribution in [3.63, 3.8) is 0 Å². The zero-order valence-corrected chi connectivity index (χ0v) is 14.3. The van der Waals surface area contributed by atoms with E-state index >= 15 is 0 Å². The third-order valence-corrected chi connectivity index (χ3v) is 5.03. The third-order valence-electron chi connectivity index (χ3n) is 5.03. The van der Waals surface area contributed by atoms with Crippen molar-refractivity contribution in [3.05, 3.63) is 65.7 Å². The van der Waals surface area contributed by atoms with Crippen LogP contribution in [0.2, 0.25) is 0 Å². The minimum absolute atomic E-state index is 0.138. The summed E-state index contributed by atoms with van der Waals surface area (Å²) >= 11 is 0. The van der Waals surface area contributed by atoms with Gasteiger partial charge in [-0.25, -0.2) is 0 Å². The largest absolute Gasteiger partial charge is 0.493 e. The van der Waals surface area contributed by atoms with Gasteiger partial charge in [-0.1, -0.05) is 42.5 Å². The van der Waals surface area contributed by atoms with Gasteiger partial charge in [-0.2, -0.15) is 0 Å². The van der Waals surface area contributed by atoms with E-state index in [2.05, 4.69) is 59.9 Å². The third kappa shape index (κ3) is 3.76. The molecule has 1 unspecified atom stereocenters. The molecule has 2 aromatic rings. The quantitative estimate of drug-likeness (QED) is 0.830. The van der Waals surface area contributed by atoms with Crippen molar-refractivity contribution in [1.82, 2.24) is 5.32 Å². The van der Waals surface area contributed by atoms with Crippen molar-refractivity contribution in [2.24, 2.45) is 5.92 Å². The maximum absolute atomic E-state index is 12.0. The molecule has 1 amide bonds. The van der Waals surface area contributed by atoms with Gasteiger partial charge in [0.15, 0.2) is 0 Å². The van der Waals surface area contributed by atoms with Gasteiger partial charge in [0.1, 0.15) is 5.75 Å². The van der Waals surface area contributed by atoms with Crippen molar-refractivity contribution < 1.29 is 9.53 Å². The van der Waals surface area contributed by atoms with Gasteiger partial charge in [-0.3, -0.25) is 4.79 Å². The molecule has 1 N–H and O–H groups in total. The molecule has 4 rings (SSSR count). The molecule has 2 aromatic carbocycles. The predicted molar refractivity (Wildman–Crippen MR) is 99.4 cm³/mol. The van der Waals surface area contributed by atoms with E-state index in [0.29, 0.717) is 18.9 Å². The Morgan fingerprint density at radius 2 is 1.96 bits per heavy atom. The van der Waals surface area contributed by atoms with Crippen LogP contribution in [0, 0.1) is 5.92 Å².